The number of sulfone groups is 1. The van der Waals surface area contributed by atoms with E-state index in [2.05, 4.69) is 28.0 Å². The number of unbranched alkanes of at least 4 members (excludes halogenated alkanes) is 7. The molecule has 52 heavy (non-hydrogen) atoms. The van der Waals surface area contributed by atoms with Gasteiger partial charge in [-0.1, -0.05) is 81.1 Å². The topological polar surface area (TPSA) is 150 Å². The van der Waals surface area contributed by atoms with Gasteiger partial charge in [-0.15, -0.1) is 0 Å². The van der Waals surface area contributed by atoms with Crippen molar-refractivity contribution in [3.05, 3.63) is 52.3 Å². The first-order valence-electron chi connectivity index (χ1n) is 17.6. The van der Waals surface area contributed by atoms with Crippen LogP contribution in [0.1, 0.15) is 96.0 Å². The minimum absolute atomic E-state index is 0.110. The SMILES string of the molecule is CCCCCCCCCCNC1(C#N)CC1.O=C(O)[C@H]1CC(S(=O)(=O)c2ccc(OCC(F)(F)F)cc2Cl)CN1C(=O)C1(c2ccc(Cl)nc2)CC1. The number of rotatable bonds is 17. The van der Waals surface area contributed by atoms with Gasteiger partial charge in [-0.3, -0.25) is 10.1 Å². The summed E-state index contributed by atoms with van der Waals surface area (Å²) in [6, 6.07) is 7.10. The van der Waals surface area contributed by atoms with E-state index in [0.29, 0.717) is 18.4 Å². The maximum Gasteiger partial charge on any atom is 0.422 e. The van der Waals surface area contributed by atoms with Crippen molar-refractivity contribution in [1.29, 1.82) is 5.26 Å². The summed E-state index contributed by atoms with van der Waals surface area (Å²) in [5.41, 5.74) is -0.551. The monoisotopic (exact) mass is 788 g/mol. The van der Waals surface area contributed by atoms with Crippen LogP contribution in [0.4, 0.5) is 13.2 Å². The Labute approximate surface area is 312 Å². The van der Waals surface area contributed by atoms with E-state index in [-0.39, 0.29) is 34.4 Å². The molecule has 2 heterocycles. The number of likely N-dealkylation sites (tertiary alicyclic amines) is 1. The Morgan fingerprint density at radius 2 is 1.71 bits per heavy atom. The molecule has 3 fully saturated rings. The van der Waals surface area contributed by atoms with E-state index in [9.17, 15) is 36.3 Å². The molecule has 0 radical (unpaired) electrons. The van der Waals surface area contributed by atoms with Crippen molar-refractivity contribution >= 4 is 44.9 Å². The number of halogens is 5. The van der Waals surface area contributed by atoms with Crippen LogP contribution in [0, 0.1) is 11.3 Å². The van der Waals surface area contributed by atoms with Gasteiger partial charge in [0.25, 0.3) is 0 Å². The average Bonchev–Trinajstić information content (AvgIpc) is 4.02. The maximum atomic E-state index is 13.5. The summed E-state index contributed by atoms with van der Waals surface area (Å²) in [7, 11) is -4.25. The van der Waals surface area contributed by atoms with E-state index in [1.165, 1.54) is 63.6 Å². The van der Waals surface area contributed by atoms with Crippen molar-refractivity contribution in [2.75, 3.05) is 19.7 Å². The van der Waals surface area contributed by atoms with E-state index in [4.69, 9.17) is 28.5 Å². The van der Waals surface area contributed by atoms with Crippen molar-refractivity contribution in [3.8, 4) is 11.8 Å². The fourth-order valence-electron chi connectivity index (χ4n) is 6.35. The number of benzene rings is 1. The molecule has 16 heteroatoms. The standard InChI is InChI=1S/C22H19Cl2F3N2O6S.C14H26N2/c23-15-7-13(35-11-22(25,26)27)2-3-17(15)36(33,34)14-8-16(19(30)31)29(10-14)20(32)21(5-6-21)12-1-4-18(24)28-9-12;1-2-3-4-5-6-7-8-9-12-16-14(13-15)10-11-14/h1-4,7,9,14,16H,5-6,8,10-11H2,(H,30,31);16H,2-12H2,1H3/t14?,16-;/m1./s1. The molecule has 286 valence electrons. The number of ether oxygens (including phenoxy) is 1. The molecule has 5 rings (SSSR count). The summed E-state index contributed by atoms with van der Waals surface area (Å²) in [4.78, 5) is 30.1. The zero-order chi connectivity index (χ0) is 38.2. The number of aromatic nitrogens is 1. The predicted octanol–water partition coefficient (Wildman–Crippen LogP) is 7.66. The first-order chi connectivity index (χ1) is 24.6. The Kier molecular flexibility index (Phi) is 14.3. The second-order valence-electron chi connectivity index (χ2n) is 13.8. The lowest BCUT2D eigenvalue weighted by Gasteiger charge is -2.27. The van der Waals surface area contributed by atoms with Crippen LogP contribution < -0.4 is 10.1 Å². The van der Waals surface area contributed by atoms with Gasteiger partial charge in [-0.2, -0.15) is 18.4 Å². The summed E-state index contributed by atoms with van der Waals surface area (Å²) in [5.74, 6) is -2.15. The highest BCUT2D eigenvalue weighted by Crippen LogP contribution is 2.51. The molecule has 2 aliphatic carbocycles. The third-order valence-corrected chi connectivity index (χ3v) is 12.6. The Balaban J connectivity index is 0.000000317. The fraction of sp³-hybridized carbons (Fsp3) is 0.611. The highest BCUT2D eigenvalue weighted by molar-refractivity contribution is 7.92. The number of alkyl halides is 3. The van der Waals surface area contributed by atoms with Crippen LogP contribution in [0.3, 0.4) is 0 Å². The second kappa shape index (κ2) is 17.8. The number of carboxylic acid groups (broad SMARTS) is 1. The Hall–Kier alpha value is -3.12. The van der Waals surface area contributed by atoms with Crippen LogP contribution >= 0.6 is 23.2 Å². The number of nitriles is 1. The van der Waals surface area contributed by atoms with Crippen molar-refractivity contribution in [1.82, 2.24) is 15.2 Å². The smallest absolute Gasteiger partial charge is 0.422 e. The number of carbonyl (C=O) groups excluding carboxylic acids is 1. The lowest BCUT2D eigenvalue weighted by molar-refractivity contribution is -0.153. The maximum absolute atomic E-state index is 13.5. The third kappa shape index (κ3) is 11.0. The van der Waals surface area contributed by atoms with Gasteiger partial charge in [0.1, 0.15) is 22.5 Å². The molecule has 2 N–H and O–H groups in total. The number of hydrogen-bond acceptors (Lipinski definition) is 8. The van der Waals surface area contributed by atoms with Gasteiger partial charge in [-0.05, 0) is 68.8 Å². The highest BCUT2D eigenvalue weighted by Gasteiger charge is 2.57. The minimum atomic E-state index is -4.59. The average molecular weight is 790 g/mol. The lowest BCUT2D eigenvalue weighted by atomic mass is 9.95. The predicted molar refractivity (Wildman–Crippen MR) is 190 cm³/mol. The third-order valence-electron chi connectivity index (χ3n) is 9.76. The molecule has 1 unspecified atom stereocenters. The van der Waals surface area contributed by atoms with Gasteiger partial charge in [-0.25, -0.2) is 18.2 Å². The molecular formula is C36H45Cl2F3N4O6S. The fourth-order valence-corrected chi connectivity index (χ4v) is 8.70. The number of nitrogens with zero attached hydrogens (tertiary/aromatic N) is 3. The molecule has 1 saturated heterocycles. The molecule has 0 bridgehead atoms. The zero-order valence-corrected chi connectivity index (χ0v) is 31.4. The van der Waals surface area contributed by atoms with Gasteiger partial charge in [0.05, 0.1) is 26.7 Å². The van der Waals surface area contributed by atoms with Gasteiger partial charge >= 0.3 is 12.1 Å². The van der Waals surface area contributed by atoms with Crippen LogP contribution in [-0.4, -0.2) is 78.0 Å². The van der Waals surface area contributed by atoms with Gasteiger partial charge in [0.15, 0.2) is 16.4 Å². The summed E-state index contributed by atoms with van der Waals surface area (Å²) in [6.45, 7) is 1.32. The summed E-state index contributed by atoms with van der Waals surface area (Å²) in [6.07, 6.45) is 10.3. The van der Waals surface area contributed by atoms with Crippen molar-refractivity contribution in [2.45, 2.75) is 124 Å². The quantitative estimate of drug-likeness (QED) is 0.122. The Bertz CT molecular complexity index is 1700. The zero-order valence-electron chi connectivity index (χ0n) is 29.1. The molecule has 3 aliphatic rings. The lowest BCUT2D eigenvalue weighted by Crippen LogP contribution is -2.46. The number of carbonyl (C=O) groups is 2. The molecule has 2 saturated carbocycles. The van der Waals surface area contributed by atoms with Crippen LogP contribution in [-0.2, 0) is 24.8 Å². The van der Waals surface area contributed by atoms with Gasteiger partial charge in [0.2, 0.25) is 5.91 Å². The van der Waals surface area contributed by atoms with E-state index in [0.717, 1.165) is 42.5 Å². The van der Waals surface area contributed by atoms with E-state index < -0.39 is 56.1 Å². The summed E-state index contributed by atoms with van der Waals surface area (Å²) >= 11 is 11.9. The number of nitrogens with one attached hydrogen (secondary N) is 1. The molecule has 10 nitrogen and oxygen atoms in total. The van der Waals surface area contributed by atoms with Crippen molar-refractivity contribution in [3.63, 3.8) is 0 Å². The number of pyridine rings is 1. The van der Waals surface area contributed by atoms with Crippen molar-refractivity contribution < 1.29 is 41.0 Å². The molecule has 1 aromatic carbocycles. The van der Waals surface area contributed by atoms with E-state index in [1.807, 2.05) is 0 Å². The van der Waals surface area contributed by atoms with Crippen molar-refractivity contribution in [2.24, 2.45) is 0 Å². The Morgan fingerprint density at radius 1 is 1.06 bits per heavy atom. The first kappa shape index (κ1) is 41.6. The Morgan fingerprint density at radius 3 is 2.23 bits per heavy atom. The van der Waals surface area contributed by atoms with Gasteiger partial charge in [0, 0.05) is 18.8 Å². The highest BCUT2D eigenvalue weighted by atomic mass is 35.5. The molecular weight excluding hydrogens is 744 g/mol. The van der Waals surface area contributed by atoms with E-state index in [1.54, 1.807) is 6.07 Å². The van der Waals surface area contributed by atoms with Crippen LogP contribution in [0.15, 0.2) is 41.4 Å². The molecule has 1 amide bonds. The van der Waals surface area contributed by atoms with Crippen LogP contribution in [0.2, 0.25) is 10.2 Å². The first-order valence-corrected chi connectivity index (χ1v) is 19.9. The minimum Gasteiger partial charge on any atom is -0.484 e. The number of amides is 1. The largest absolute Gasteiger partial charge is 0.484 e. The van der Waals surface area contributed by atoms with E-state index >= 15 is 0 Å². The normalized spacial score (nSPS) is 20.0. The number of hydrogen-bond donors (Lipinski definition) is 2. The van der Waals surface area contributed by atoms with Gasteiger partial charge < -0.3 is 14.7 Å². The van der Waals surface area contributed by atoms with Crippen LogP contribution in [0.5, 0.6) is 5.75 Å². The second-order valence-corrected chi connectivity index (χ2v) is 16.7. The number of aliphatic carboxylic acids is 1. The number of carboxylic acids is 1. The molecule has 2 aromatic rings. The molecule has 2 atom stereocenters. The molecule has 0 spiro atoms. The summed E-state index contributed by atoms with van der Waals surface area (Å²) in [5, 5.41) is 20.5. The molecule has 1 aliphatic heterocycles. The molecule has 1 aromatic heterocycles. The van der Waals surface area contributed by atoms with Crippen LogP contribution in [0.25, 0.3) is 0 Å². The summed E-state index contributed by atoms with van der Waals surface area (Å²) < 4.78 is 68.4.